The quantitative estimate of drug-likeness (QED) is 0.0582. The average molecular weight is 975 g/mol. The maximum Gasteiger partial charge on any atom is 0.297 e. The molecule has 2 aliphatic carbocycles. The molecule has 3 aliphatic heterocycles. The minimum absolute atomic E-state index is 0.0125. The second-order valence-electron chi connectivity index (χ2n) is 20.8. The van der Waals surface area contributed by atoms with E-state index in [1.807, 2.05) is 0 Å². The number of amides is 2. The van der Waals surface area contributed by atoms with Crippen molar-refractivity contribution in [2.24, 2.45) is 11.3 Å². The van der Waals surface area contributed by atoms with Crippen LogP contribution in [0.1, 0.15) is 125 Å². The molecule has 5 heterocycles. The lowest BCUT2D eigenvalue weighted by molar-refractivity contribution is -0.384. The Labute approximate surface area is 407 Å². The smallest absolute Gasteiger partial charge is 0.297 e. The molecule has 18 heteroatoms. The summed E-state index contributed by atoms with van der Waals surface area (Å²) < 4.78 is 42.8. The summed E-state index contributed by atoms with van der Waals surface area (Å²) in [5.74, 6) is -0.690. The SMILES string of the molecule is CC(=O)Nc1nc2[nH]ccc2cc1Oc1cc(N2CCC3(CC2)CC(N2CCC[C@H]2c2ccccc2C(C)C)C3)ccc1C(=O)NS(=O)(=O)c1cc2c(c([N+](=O)[O-])c1)N[C@@H]([C@H]1CC[C@](C)(O)CC1)CO2. The van der Waals surface area contributed by atoms with Crippen molar-refractivity contribution in [3.8, 4) is 17.2 Å². The van der Waals surface area contributed by atoms with E-state index in [0.717, 1.165) is 57.1 Å². The Morgan fingerprint density at radius 3 is 2.47 bits per heavy atom. The minimum Gasteiger partial charge on any atom is -0.489 e. The molecule has 1 spiro atoms. The highest BCUT2D eigenvalue weighted by atomic mass is 32.2. The molecular weight excluding hydrogens is 913 g/mol. The monoisotopic (exact) mass is 974 g/mol. The Bertz CT molecular complexity index is 2950. The highest BCUT2D eigenvalue weighted by molar-refractivity contribution is 7.90. The number of likely N-dealkylation sites (tertiary alicyclic amines) is 1. The van der Waals surface area contributed by atoms with Crippen molar-refractivity contribution in [2.75, 3.05) is 41.8 Å². The van der Waals surface area contributed by atoms with Crippen molar-refractivity contribution < 1.29 is 37.5 Å². The van der Waals surface area contributed by atoms with Crippen LogP contribution in [-0.4, -0.2) is 89.1 Å². The molecule has 0 bridgehead atoms. The van der Waals surface area contributed by atoms with Crippen LogP contribution in [0, 0.1) is 21.4 Å². The first-order valence-electron chi connectivity index (χ1n) is 24.6. The average Bonchev–Trinajstić information content (AvgIpc) is 4.00. The number of nitrogens with one attached hydrogen (secondary N) is 4. The molecule has 5 aliphatic rings. The Balaban J connectivity index is 0.889. The Morgan fingerprint density at radius 1 is 0.986 bits per heavy atom. The summed E-state index contributed by atoms with van der Waals surface area (Å²) in [7, 11) is -4.74. The van der Waals surface area contributed by atoms with Crippen LogP contribution >= 0.6 is 0 Å². The molecular formula is C52H62N8O9S. The summed E-state index contributed by atoms with van der Waals surface area (Å²) in [5.41, 5.74) is 3.07. The van der Waals surface area contributed by atoms with E-state index in [-0.39, 0.29) is 58.3 Å². The number of aromatic nitrogens is 2. The largest absolute Gasteiger partial charge is 0.489 e. The molecule has 10 rings (SSSR count). The number of nitro benzene ring substituents is 1. The van der Waals surface area contributed by atoms with Crippen molar-refractivity contribution >= 4 is 55.8 Å². The third-order valence-electron chi connectivity index (χ3n) is 15.7. The van der Waals surface area contributed by atoms with Crippen molar-refractivity contribution in [3.63, 3.8) is 0 Å². The number of benzene rings is 3. The van der Waals surface area contributed by atoms with E-state index < -0.39 is 42.9 Å². The number of hydrogen-bond acceptors (Lipinski definition) is 13. The zero-order chi connectivity index (χ0) is 49.1. The van der Waals surface area contributed by atoms with Gasteiger partial charge in [0.1, 0.15) is 18.0 Å². The second-order valence-corrected chi connectivity index (χ2v) is 22.5. The van der Waals surface area contributed by atoms with Gasteiger partial charge in [-0.3, -0.25) is 24.6 Å². The van der Waals surface area contributed by atoms with Crippen LogP contribution in [0.15, 0.2) is 77.8 Å². The topological polar surface area (TPSA) is 221 Å². The van der Waals surface area contributed by atoms with Gasteiger partial charge in [0.15, 0.2) is 23.0 Å². The van der Waals surface area contributed by atoms with Gasteiger partial charge in [-0.15, -0.1) is 0 Å². The van der Waals surface area contributed by atoms with E-state index in [1.54, 1.807) is 37.4 Å². The van der Waals surface area contributed by atoms with Gasteiger partial charge in [0, 0.05) is 67.6 Å². The number of H-pyrrole nitrogens is 1. The van der Waals surface area contributed by atoms with Gasteiger partial charge in [-0.25, -0.2) is 18.1 Å². The number of carbonyl (C=O) groups is 2. The maximum atomic E-state index is 14.3. The molecule has 2 aromatic heterocycles. The van der Waals surface area contributed by atoms with Crippen LogP contribution in [0.4, 0.5) is 22.9 Å². The highest BCUT2D eigenvalue weighted by Gasteiger charge is 2.50. The number of hydrogen-bond donors (Lipinski definition) is 5. The number of pyridine rings is 1. The zero-order valence-electron chi connectivity index (χ0n) is 40.1. The molecule has 2 saturated heterocycles. The first-order valence-corrected chi connectivity index (χ1v) is 26.1. The Kier molecular flexibility index (Phi) is 12.5. The molecule has 5 aromatic rings. The molecule has 5 N–H and O–H groups in total. The molecule has 4 fully saturated rings. The fourth-order valence-corrected chi connectivity index (χ4v) is 12.8. The third kappa shape index (κ3) is 9.40. The number of fused-ring (bicyclic) bond motifs is 2. The molecule has 2 atom stereocenters. The number of ether oxygens (including phenoxy) is 2. The number of aromatic amines is 1. The summed E-state index contributed by atoms with van der Waals surface area (Å²) in [5, 5.41) is 29.5. The Hall–Kier alpha value is -6.24. The van der Waals surface area contributed by atoms with Crippen molar-refractivity contribution in [3.05, 3.63) is 99.7 Å². The lowest BCUT2D eigenvalue weighted by Gasteiger charge is -2.56. The summed E-state index contributed by atoms with van der Waals surface area (Å²) in [4.78, 5) is 50.5. The number of nitro groups is 1. The number of carbonyl (C=O) groups excluding carboxylic acids is 2. The van der Waals surface area contributed by atoms with Gasteiger partial charge in [0.25, 0.3) is 21.6 Å². The predicted octanol–water partition coefficient (Wildman–Crippen LogP) is 9.16. The first-order chi connectivity index (χ1) is 33.4. The highest BCUT2D eigenvalue weighted by Crippen LogP contribution is 2.54. The predicted molar refractivity (Wildman–Crippen MR) is 266 cm³/mol. The van der Waals surface area contributed by atoms with Crippen LogP contribution in [0.3, 0.4) is 0 Å². The summed E-state index contributed by atoms with van der Waals surface area (Å²) in [6.45, 7) is 10.5. The van der Waals surface area contributed by atoms with Gasteiger partial charge in [-0.05, 0) is 130 Å². The molecule has 3 aromatic carbocycles. The lowest BCUT2D eigenvalue weighted by Crippen LogP contribution is -2.54. The molecule has 17 nitrogen and oxygen atoms in total. The zero-order valence-corrected chi connectivity index (χ0v) is 40.9. The molecule has 2 amide bonds. The number of rotatable bonds is 12. The fourth-order valence-electron chi connectivity index (χ4n) is 11.8. The number of anilines is 3. The van der Waals surface area contributed by atoms with Gasteiger partial charge in [0.05, 0.1) is 27.0 Å². The van der Waals surface area contributed by atoms with Gasteiger partial charge < -0.3 is 35.1 Å². The number of piperidine rings is 1. The van der Waals surface area contributed by atoms with Crippen LogP contribution < -0.4 is 29.7 Å². The standard InChI is InChI=1S/C52H62N8O9S/c1-31(2)38-8-5-6-9-39(38)42-10-7-21-59(42)36-28-52(29-36)18-22-58(23-19-52)35-11-12-40(44(25-35)69-46-24-34-15-20-53-48(34)56-49(46)54-32(3)61)50(62)57-70(66,67)37-26-43(60(64)65)47-45(27-37)68-30-41(55-47)33-13-16-51(4,63)17-14-33/h5-6,8-9,11-12,15,20,24-27,31,33,36,41-42,55,63H,7,10,13-14,16-19,21-23,28-30H2,1-4H3,(H,57,62)(H2,53,54,56,61)/t33-,41-,42+,51-/m1/s1. The second kappa shape index (κ2) is 18.5. The van der Waals surface area contributed by atoms with Gasteiger partial charge >= 0.3 is 0 Å². The molecule has 2 saturated carbocycles. The fraction of sp³-hybridized carbons (Fsp3) is 0.481. The van der Waals surface area contributed by atoms with E-state index in [9.17, 15) is 33.2 Å². The summed E-state index contributed by atoms with van der Waals surface area (Å²) in [6.07, 6.45) is 11.0. The summed E-state index contributed by atoms with van der Waals surface area (Å²) in [6, 6.07) is 20.2. The van der Waals surface area contributed by atoms with E-state index >= 15 is 0 Å². The van der Waals surface area contributed by atoms with Crippen LogP contribution in [0.5, 0.6) is 17.2 Å². The maximum absolute atomic E-state index is 14.3. The molecule has 0 unspecified atom stereocenters. The van der Waals surface area contributed by atoms with E-state index in [1.165, 1.54) is 43.0 Å². The van der Waals surface area contributed by atoms with Crippen LogP contribution in [-0.2, 0) is 14.8 Å². The van der Waals surface area contributed by atoms with E-state index in [0.29, 0.717) is 54.7 Å². The molecule has 70 heavy (non-hydrogen) atoms. The van der Waals surface area contributed by atoms with Gasteiger partial charge in [-0.1, -0.05) is 38.1 Å². The number of nitrogens with zero attached hydrogens (tertiary/aromatic N) is 4. The molecule has 370 valence electrons. The summed E-state index contributed by atoms with van der Waals surface area (Å²) >= 11 is 0. The molecule has 0 radical (unpaired) electrons. The first kappa shape index (κ1) is 47.4. The van der Waals surface area contributed by atoms with Gasteiger partial charge in [0.2, 0.25) is 5.91 Å². The van der Waals surface area contributed by atoms with Crippen molar-refractivity contribution in [1.82, 2.24) is 19.6 Å². The van der Waals surface area contributed by atoms with E-state index in [2.05, 4.69) is 73.2 Å². The normalized spacial score (nSPS) is 23.6. The minimum atomic E-state index is -4.74. The Morgan fingerprint density at radius 2 is 1.74 bits per heavy atom. The van der Waals surface area contributed by atoms with E-state index in [4.69, 9.17) is 9.47 Å². The van der Waals surface area contributed by atoms with Crippen LogP contribution in [0.2, 0.25) is 0 Å². The third-order valence-corrected chi connectivity index (χ3v) is 17.0. The van der Waals surface area contributed by atoms with Gasteiger partial charge in [-0.2, -0.15) is 0 Å². The van der Waals surface area contributed by atoms with Crippen molar-refractivity contribution in [1.29, 1.82) is 0 Å². The van der Waals surface area contributed by atoms with Crippen molar-refractivity contribution in [2.45, 2.75) is 126 Å². The van der Waals surface area contributed by atoms with Crippen LogP contribution in [0.25, 0.3) is 11.0 Å². The number of sulfonamides is 1. The number of aliphatic hydroxyl groups is 1. The lowest BCUT2D eigenvalue weighted by atomic mass is 9.59.